The highest BCUT2D eigenvalue weighted by atomic mass is 16.3. The maximum Gasteiger partial charge on any atom is 0.270 e. The molecule has 0 radical (unpaired) electrons. The molecule has 2 atom stereocenters. The number of ketones is 1. The second-order valence-electron chi connectivity index (χ2n) is 9.96. The van der Waals surface area contributed by atoms with Crippen LogP contribution in [0.15, 0.2) is 48.8 Å². The molecule has 0 fully saturated rings. The molecule has 0 aromatic carbocycles. The Hall–Kier alpha value is -2.64. The third-order valence-corrected chi connectivity index (χ3v) is 5.67. The highest BCUT2D eigenvalue weighted by molar-refractivity contribution is 5.93. The number of amides is 1. The van der Waals surface area contributed by atoms with Crippen LogP contribution in [0.2, 0.25) is 0 Å². The first kappa shape index (κ1) is 25.6. The summed E-state index contributed by atoms with van der Waals surface area (Å²) in [5, 5.41) is 17.8. The van der Waals surface area contributed by atoms with Gasteiger partial charge in [-0.1, -0.05) is 32.9 Å². The van der Waals surface area contributed by atoms with E-state index in [4.69, 9.17) is 0 Å². The molecule has 2 unspecified atom stereocenters. The molecular formula is C25H36N4O3. The van der Waals surface area contributed by atoms with Gasteiger partial charge in [0.2, 0.25) is 0 Å². The Balaban J connectivity index is 2.21. The fraction of sp³-hybridized carbons (Fsp3) is 0.520. The first-order valence-corrected chi connectivity index (χ1v) is 11.0. The Morgan fingerprint density at radius 3 is 2.12 bits per heavy atom. The van der Waals surface area contributed by atoms with Gasteiger partial charge in [0.05, 0.1) is 5.69 Å². The van der Waals surface area contributed by atoms with Crippen molar-refractivity contribution in [1.82, 2.24) is 20.6 Å². The normalized spacial score (nSPS) is 15.0. The summed E-state index contributed by atoms with van der Waals surface area (Å²) < 4.78 is 0. The highest BCUT2D eigenvalue weighted by Crippen LogP contribution is 2.36. The van der Waals surface area contributed by atoms with Gasteiger partial charge in [0.1, 0.15) is 11.3 Å². The molecule has 2 heterocycles. The number of hydrogen-bond donors (Lipinski definition) is 3. The molecule has 0 saturated heterocycles. The lowest BCUT2D eigenvalue weighted by atomic mass is 9.67. The Kier molecular flexibility index (Phi) is 8.26. The minimum Gasteiger partial charge on any atom is -0.382 e. The van der Waals surface area contributed by atoms with Crippen LogP contribution in [0.3, 0.4) is 0 Å². The lowest BCUT2D eigenvalue weighted by molar-refractivity contribution is -0.153. The van der Waals surface area contributed by atoms with E-state index in [1.807, 2.05) is 32.0 Å². The SMILES string of the molecule is CC(C)(C)C(=O)C(C)(O)C(CCNCc1ccccn1)C(C)(C)NC(=O)c1ccccn1. The molecule has 0 bridgehead atoms. The molecule has 32 heavy (non-hydrogen) atoms. The van der Waals surface area contributed by atoms with Crippen molar-refractivity contribution in [2.24, 2.45) is 11.3 Å². The third-order valence-electron chi connectivity index (χ3n) is 5.67. The first-order chi connectivity index (χ1) is 14.9. The Morgan fingerprint density at radius 2 is 1.59 bits per heavy atom. The van der Waals surface area contributed by atoms with Crippen molar-refractivity contribution >= 4 is 11.7 Å². The lowest BCUT2D eigenvalue weighted by Gasteiger charge is -2.45. The summed E-state index contributed by atoms with van der Waals surface area (Å²) in [5.41, 5.74) is -2.07. The smallest absolute Gasteiger partial charge is 0.270 e. The number of aromatic nitrogens is 2. The number of Topliss-reactive ketones (excluding diaryl/α,β-unsaturated/α-hetero) is 1. The second-order valence-corrected chi connectivity index (χ2v) is 9.96. The number of aliphatic hydroxyl groups is 1. The Labute approximate surface area is 191 Å². The van der Waals surface area contributed by atoms with E-state index in [1.165, 1.54) is 0 Å². The van der Waals surface area contributed by atoms with Crippen molar-refractivity contribution in [1.29, 1.82) is 0 Å². The van der Waals surface area contributed by atoms with Crippen LogP contribution in [0.4, 0.5) is 0 Å². The van der Waals surface area contributed by atoms with Crippen LogP contribution in [-0.4, -0.2) is 44.4 Å². The maximum absolute atomic E-state index is 13.2. The Bertz CT molecular complexity index is 890. The Morgan fingerprint density at radius 1 is 0.969 bits per heavy atom. The first-order valence-electron chi connectivity index (χ1n) is 11.0. The van der Waals surface area contributed by atoms with Gasteiger partial charge >= 0.3 is 0 Å². The minimum atomic E-state index is -1.65. The van der Waals surface area contributed by atoms with E-state index in [2.05, 4.69) is 20.6 Å². The molecule has 1 amide bonds. The van der Waals surface area contributed by atoms with Gasteiger partial charge in [-0.3, -0.25) is 19.6 Å². The minimum absolute atomic E-state index is 0.264. The van der Waals surface area contributed by atoms with Crippen molar-refractivity contribution in [2.75, 3.05) is 6.54 Å². The van der Waals surface area contributed by atoms with Gasteiger partial charge in [-0.2, -0.15) is 0 Å². The van der Waals surface area contributed by atoms with Crippen molar-refractivity contribution in [3.05, 3.63) is 60.2 Å². The van der Waals surface area contributed by atoms with E-state index in [0.717, 1.165) is 5.69 Å². The van der Waals surface area contributed by atoms with Gasteiger partial charge in [-0.25, -0.2) is 0 Å². The molecule has 174 valence electrons. The molecule has 0 aliphatic rings. The number of hydrogen-bond acceptors (Lipinski definition) is 6. The van der Waals surface area contributed by atoms with Crippen LogP contribution in [0.5, 0.6) is 0 Å². The molecule has 3 N–H and O–H groups in total. The number of rotatable bonds is 10. The molecular weight excluding hydrogens is 404 g/mol. The fourth-order valence-electron chi connectivity index (χ4n) is 4.17. The van der Waals surface area contributed by atoms with Crippen LogP contribution in [-0.2, 0) is 11.3 Å². The second kappa shape index (κ2) is 10.3. The van der Waals surface area contributed by atoms with E-state index in [-0.39, 0.29) is 17.4 Å². The van der Waals surface area contributed by atoms with E-state index in [0.29, 0.717) is 19.5 Å². The van der Waals surface area contributed by atoms with E-state index < -0.39 is 22.5 Å². The predicted molar refractivity (Wildman–Crippen MR) is 125 cm³/mol. The molecule has 7 heteroatoms. The van der Waals surface area contributed by atoms with Crippen LogP contribution in [0.25, 0.3) is 0 Å². The number of pyridine rings is 2. The summed E-state index contributed by atoms with van der Waals surface area (Å²) in [5.74, 6) is -1.16. The molecule has 0 aliphatic heterocycles. The molecule has 0 saturated carbocycles. The zero-order valence-electron chi connectivity index (χ0n) is 20.0. The number of carbonyl (C=O) groups excluding carboxylic acids is 2. The fourth-order valence-corrected chi connectivity index (χ4v) is 4.17. The summed E-state index contributed by atoms with van der Waals surface area (Å²) >= 11 is 0. The van der Waals surface area contributed by atoms with Gasteiger partial charge in [-0.15, -0.1) is 0 Å². The van der Waals surface area contributed by atoms with Crippen molar-refractivity contribution in [3.63, 3.8) is 0 Å². The summed E-state index contributed by atoms with van der Waals surface area (Å²) in [6.45, 7) is 11.7. The molecule has 2 aromatic heterocycles. The summed E-state index contributed by atoms with van der Waals surface area (Å²) in [6.07, 6.45) is 3.76. The topological polar surface area (TPSA) is 104 Å². The highest BCUT2D eigenvalue weighted by Gasteiger charge is 2.50. The monoisotopic (exact) mass is 440 g/mol. The van der Waals surface area contributed by atoms with Gasteiger partial charge in [0.25, 0.3) is 5.91 Å². The van der Waals surface area contributed by atoms with E-state index in [9.17, 15) is 14.7 Å². The van der Waals surface area contributed by atoms with Crippen molar-refractivity contribution in [2.45, 2.75) is 65.6 Å². The molecule has 0 aliphatic carbocycles. The average Bonchev–Trinajstić information content (AvgIpc) is 2.73. The molecule has 0 spiro atoms. The van der Waals surface area contributed by atoms with Crippen molar-refractivity contribution in [3.8, 4) is 0 Å². The molecule has 2 rings (SSSR count). The third kappa shape index (κ3) is 6.68. The average molecular weight is 441 g/mol. The van der Waals surface area contributed by atoms with Crippen molar-refractivity contribution < 1.29 is 14.7 Å². The van der Waals surface area contributed by atoms with Crippen LogP contribution >= 0.6 is 0 Å². The maximum atomic E-state index is 13.2. The summed E-state index contributed by atoms with van der Waals surface area (Å²) in [6, 6.07) is 10.8. The lowest BCUT2D eigenvalue weighted by Crippen LogP contribution is -2.61. The zero-order valence-corrected chi connectivity index (χ0v) is 20.0. The number of carbonyl (C=O) groups is 2. The van der Waals surface area contributed by atoms with Gasteiger partial charge < -0.3 is 15.7 Å². The largest absolute Gasteiger partial charge is 0.382 e. The zero-order chi connectivity index (χ0) is 24.0. The molecule has 7 nitrogen and oxygen atoms in total. The van der Waals surface area contributed by atoms with Crippen LogP contribution in [0.1, 0.15) is 64.1 Å². The van der Waals surface area contributed by atoms with Gasteiger partial charge in [0.15, 0.2) is 5.78 Å². The number of nitrogens with one attached hydrogen (secondary N) is 2. The van der Waals surface area contributed by atoms with E-state index in [1.54, 1.807) is 58.3 Å². The summed E-state index contributed by atoms with van der Waals surface area (Å²) in [7, 11) is 0. The molecule has 2 aromatic rings. The summed E-state index contributed by atoms with van der Waals surface area (Å²) in [4.78, 5) is 34.4. The van der Waals surface area contributed by atoms with Gasteiger partial charge in [0, 0.05) is 35.8 Å². The predicted octanol–water partition coefficient (Wildman–Crippen LogP) is 3.15. The van der Waals surface area contributed by atoms with E-state index >= 15 is 0 Å². The standard InChI is InChI=1S/C25H36N4O3/c1-23(2,3)22(31)25(6,32)20(13-16-26-17-18-11-7-9-14-27-18)24(4,5)29-21(30)19-12-8-10-15-28-19/h7-12,14-15,20,26,32H,13,16-17H2,1-6H3,(H,29,30). The van der Waals surface area contributed by atoms with Crippen LogP contribution in [0, 0.1) is 11.3 Å². The number of nitrogens with zero attached hydrogens (tertiary/aromatic N) is 2. The quantitative estimate of drug-likeness (QED) is 0.490. The van der Waals surface area contributed by atoms with Crippen LogP contribution < -0.4 is 10.6 Å². The van der Waals surface area contributed by atoms with Gasteiger partial charge in [-0.05, 0) is 58.0 Å².